The summed E-state index contributed by atoms with van der Waals surface area (Å²) in [5.41, 5.74) is 3.75. The maximum Gasteiger partial charge on any atom is 0.331 e. The second-order valence-electron chi connectivity index (χ2n) is 7.16. The Morgan fingerprint density at radius 2 is 1.97 bits per heavy atom. The summed E-state index contributed by atoms with van der Waals surface area (Å²) < 4.78 is 30.5. The zero-order valence-electron chi connectivity index (χ0n) is 18.3. The molecule has 2 aromatic carbocycles. The van der Waals surface area contributed by atoms with Crippen molar-refractivity contribution in [1.82, 2.24) is 19.9 Å². The van der Waals surface area contributed by atoms with E-state index in [1.54, 1.807) is 36.1 Å². The van der Waals surface area contributed by atoms with E-state index in [1.165, 1.54) is 18.2 Å². The molecule has 0 saturated heterocycles. The molecule has 0 unspecified atom stereocenters. The molecule has 168 valence electrons. The summed E-state index contributed by atoms with van der Waals surface area (Å²) in [6, 6.07) is 13.2. The number of methoxy groups -OCH3 is 1. The number of halogens is 1. The number of hydrogen-bond acceptors (Lipinski definition) is 7. The second kappa shape index (κ2) is 9.47. The predicted molar refractivity (Wildman–Crippen MR) is 118 cm³/mol. The number of aromatic nitrogens is 4. The van der Waals surface area contributed by atoms with E-state index in [-0.39, 0.29) is 18.3 Å². The van der Waals surface area contributed by atoms with E-state index >= 15 is 0 Å². The molecule has 0 bridgehead atoms. The maximum atomic E-state index is 13.2. The first kappa shape index (κ1) is 21.9. The normalized spacial score (nSPS) is 11.2. The summed E-state index contributed by atoms with van der Waals surface area (Å²) in [6.07, 6.45) is 2.95. The van der Waals surface area contributed by atoms with Crippen molar-refractivity contribution in [3.63, 3.8) is 0 Å². The van der Waals surface area contributed by atoms with E-state index in [0.29, 0.717) is 11.6 Å². The summed E-state index contributed by atoms with van der Waals surface area (Å²) >= 11 is 0. The van der Waals surface area contributed by atoms with Crippen molar-refractivity contribution in [2.75, 3.05) is 7.11 Å². The Bertz CT molecular complexity index is 1310. The van der Waals surface area contributed by atoms with E-state index in [0.717, 1.165) is 28.2 Å². The van der Waals surface area contributed by atoms with Gasteiger partial charge in [0.05, 0.1) is 18.5 Å². The Morgan fingerprint density at radius 1 is 1.18 bits per heavy atom. The molecule has 2 heterocycles. The molecule has 0 amide bonds. The van der Waals surface area contributed by atoms with E-state index in [4.69, 9.17) is 14.0 Å². The first-order chi connectivity index (χ1) is 15.9. The molecule has 0 fully saturated rings. The van der Waals surface area contributed by atoms with Crippen LogP contribution in [0.3, 0.4) is 0 Å². The van der Waals surface area contributed by atoms with Crippen LogP contribution in [0.5, 0.6) is 5.75 Å². The van der Waals surface area contributed by atoms with Crippen LogP contribution in [-0.4, -0.2) is 33.0 Å². The fraction of sp³-hybridized carbons (Fsp3) is 0.167. The third-order valence-electron chi connectivity index (χ3n) is 4.94. The average Bonchev–Trinajstić information content (AvgIpc) is 3.41. The number of nitrogens with zero attached hydrogens (tertiary/aromatic N) is 4. The highest BCUT2D eigenvalue weighted by atomic mass is 19.1. The van der Waals surface area contributed by atoms with Gasteiger partial charge in [0.2, 0.25) is 5.82 Å². The molecule has 0 radical (unpaired) electrons. The van der Waals surface area contributed by atoms with Crippen LogP contribution in [0, 0.1) is 19.7 Å². The molecular weight excluding hydrogens is 427 g/mol. The fourth-order valence-electron chi connectivity index (χ4n) is 3.25. The highest BCUT2D eigenvalue weighted by Gasteiger charge is 2.13. The number of ether oxygens (including phenoxy) is 2. The highest BCUT2D eigenvalue weighted by Crippen LogP contribution is 2.22. The SMILES string of the molecule is COc1cccc(-c2noc(COC(=O)/C=C/c3c(C)nn(-c4ccc(F)cc4)c3C)n2)c1. The van der Waals surface area contributed by atoms with Crippen molar-refractivity contribution in [2.45, 2.75) is 20.5 Å². The van der Waals surface area contributed by atoms with Gasteiger partial charge in [0.25, 0.3) is 5.89 Å². The zero-order valence-corrected chi connectivity index (χ0v) is 18.3. The zero-order chi connectivity index (χ0) is 23.4. The van der Waals surface area contributed by atoms with Crippen LogP contribution < -0.4 is 4.74 Å². The van der Waals surface area contributed by atoms with Gasteiger partial charge < -0.3 is 14.0 Å². The number of benzene rings is 2. The van der Waals surface area contributed by atoms with Crippen molar-refractivity contribution in [3.05, 3.63) is 83.3 Å². The molecule has 0 saturated carbocycles. The fourth-order valence-corrected chi connectivity index (χ4v) is 3.25. The minimum absolute atomic E-state index is 0.160. The van der Waals surface area contributed by atoms with Crippen LogP contribution >= 0.6 is 0 Å². The van der Waals surface area contributed by atoms with Crippen LogP contribution in [0.15, 0.2) is 59.1 Å². The van der Waals surface area contributed by atoms with Gasteiger partial charge in [-0.05, 0) is 56.3 Å². The molecule has 0 atom stereocenters. The number of aryl methyl sites for hydroxylation is 1. The van der Waals surface area contributed by atoms with Gasteiger partial charge in [0.15, 0.2) is 6.61 Å². The van der Waals surface area contributed by atoms with Crippen molar-refractivity contribution in [2.24, 2.45) is 0 Å². The predicted octanol–water partition coefficient (Wildman–Crippen LogP) is 4.44. The average molecular weight is 448 g/mol. The number of hydrogen-bond donors (Lipinski definition) is 0. The molecular formula is C24H21FN4O4. The topological polar surface area (TPSA) is 92.3 Å². The molecule has 33 heavy (non-hydrogen) atoms. The van der Waals surface area contributed by atoms with Crippen molar-refractivity contribution in [1.29, 1.82) is 0 Å². The summed E-state index contributed by atoms with van der Waals surface area (Å²) in [7, 11) is 1.57. The number of carbonyl (C=O) groups excluding carboxylic acids is 1. The summed E-state index contributed by atoms with van der Waals surface area (Å²) in [6.45, 7) is 3.54. The molecule has 0 N–H and O–H groups in total. The van der Waals surface area contributed by atoms with E-state index in [1.807, 2.05) is 32.0 Å². The third-order valence-corrected chi connectivity index (χ3v) is 4.94. The summed E-state index contributed by atoms with van der Waals surface area (Å²) in [5, 5.41) is 8.38. The lowest BCUT2D eigenvalue weighted by molar-refractivity contribution is -0.139. The first-order valence-electron chi connectivity index (χ1n) is 10.1. The first-order valence-corrected chi connectivity index (χ1v) is 10.1. The highest BCUT2D eigenvalue weighted by molar-refractivity contribution is 5.87. The molecule has 9 heteroatoms. The van der Waals surface area contributed by atoms with Gasteiger partial charge in [-0.3, -0.25) is 0 Å². The minimum atomic E-state index is -0.565. The van der Waals surface area contributed by atoms with Gasteiger partial charge in [-0.2, -0.15) is 10.1 Å². The van der Waals surface area contributed by atoms with E-state index in [9.17, 15) is 9.18 Å². The lowest BCUT2D eigenvalue weighted by Gasteiger charge is -2.04. The van der Waals surface area contributed by atoms with Crippen molar-refractivity contribution < 1.29 is 23.2 Å². The van der Waals surface area contributed by atoms with E-state index < -0.39 is 5.97 Å². The molecule has 0 aliphatic rings. The molecule has 0 spiro atoms. The van der Waals surface area contributed by atoms with Crippen LogP contribution in [0.4, 0.5) is 4.39 Å². The molecule has 4 rings (SSSR count). The van der Waals surface area contributed by atoms with Gasteiger partial charge in [-0.15, -0.1) is 0 Å². The van der Waals surface area contributed by atoms with Crippen LogP contribution in [-0.2, 0) is 16.1 Å². The van der Waals surface area contributed by atoms with Gasteiger partial charge >= 0.3 is 5.97 Å². The van der Waals surface area contributed by atoms with Gasteiger partial charge in [-0.1, -0.05) is 17.3 Å². The second-order valence-corrected chi connectivity index (χ2v) is 7.16. The summed E-state index contributed by atoms with van der Waals surface area (Å²) in [4.78, 5) is 16.4. The number of esters is 1. The Balaban J connectivity index is 1.40. The largest absolute Gasteiger partial charge is 0.497 e. The quantitative estimate of drug-likeness (QED) is 0.305. The molecule has 2 aromatic heterocycles. The van der Waals surface area contributed by atoms with Crippen molar-refractivity contribution >= 4 is 12.0 Å². The minimum Gasteiger partial charge on any atom is -0.497 e. The summed E-state index contributed by atoms with van der Waals surface area (Å²) in [5.74, 6) is 0.328. The van der Waals surface area contributed by atoms with E-state index in [2.05, 4.69) is 15.2 Å². The Hall–Kier alpha value is -4.27. The lowest BCUT2D eigenvalue weighted by atomic mass is 10.2. The van der Waals surface area contributed by atoms with Crippen molar-refractivity contribution in [3.8, 4) is 22.8 Å². The standard InChI is InChI=1S/C24H21FN4O4/c1-15-21(16(2)29(27-15)19-9-7-18(25)8-10-19)11-12-23(30)32-14-22-26-24(28-33-22)17-5-4-6-20(13-17)31-3/h4-13H,14H2,1-3H3/b12-11+. The monoisotopic (exact) mass is 448 g/mol. The maximum absolute atomic E-state index is 13.2. The molecule has 4 aromatic rings. The molecule has 0 aliphatic heterocycles. The van der Waals surface area contributed by atoms with Crippen LogP contribution in [0.2, 0.25) is 0 Å². The van der Waals surface area contributed by atoms with Crippen LogP contribution in [0.1, 0.15) is 22.8 Å². The van der Waals surface area contributed by atoms with Crippen LogP contribution in [0.25, 0.3) is 23.2 Å². The Labute approximate surface area is 189 Å². The number of carbonyl (C=O) groups is 1. The van der Waals surface area contributed by atoms with Gasteiger partial charge in [-0.25, -0.2) is 13.9 Å². The van der Waals surface area contributed by atoms with Gasteiger partial charge in [0, 0.05) is 22.9 Å². The third kappa shape index (κ3) is 4.98. The molecule has 8 nitrogen and oxygen atoms in total. The Kier molecular flexibility index (Phi) is 6.30. The molecule has 0 aliphatic carbocycles. The lowest BCUT2D eigenvalue weighted by Crippen LogP contribution is -2.01. The van der Waals surface area contributed by atoms with Gasteiger partial charge in [0.1, 0.15) is 11.6 Å². The Morgan fingerprint density at radius 3 is 2.73 bits per heavy atom. The number of rotatable bonds is 7. The smallest absolute Gasteiger partial charge is 0.331 e.